The number of phosphoric ester groups is 1. The van der Waals surface area contributed by atoms with Gasteiger partial charge in [0.15, 0.2) is 0 Å². The highest BCUT2D eigenvalue weighted by Crippen LogP contribution is 2.38. The van der Waals surface area contributed by atoms with Crippen LogP contribution < -0.4 is 10.2 Å². The molecule has 2 N–H and O–H groups in total. The Balaban J connectivity index is 4.29. The Morgan fingerprint density at radius 1 is 0.593 bits per heavy atom. The van der Waals surface area contributed by atoms with E-state index in [1.54, 1.807) is 0 Å². The average Bonchev–Trinajstić information content (AvgIpc) is 3.19. The summed E-state index contributed by atoms with van der Waals surface area (Å²) in [6, 6.07) is -0.803. The molecule has 59 heavy (non-hydrogen) atoms. The highest BCUT2D eigenvalue weighted by molar-refractivity contribution is 7.45. The van der Waals surface area contributed by atoms with Crippen LogP contribution in [0.25, 0.3) is 0 Å². The number of amides is 1. The maximum absolute atomic E-state index is 12.9. The first kappa shape index (κ1) is 58.0. The van der Waals surface area contributed by atoms with E-state index >= 15 is 0 Å². The van der Waals surface area contributed by atoms with Gasteiger partial charge >= 0.3 is 0 Å². The Kier molecular flexibility index (Phi) is 41.6. The summed E-state index contributed by atoms with van der Waals surface area (Å²) in [4.78, 5) is 25.4. The van der Waals surface area contributed by atoms with E-state index in [9.17, 15) is 19.4 Å². The third-order valence-electron chi connectivity index (χ3n) is 11.4. The summed E-state index contributed by atoms with van der Waals surface area (Å²) in [5, 5.41) is 14.0. The molecule has 0 aromatic carbocycles. The minimum absolute atomic E-state index is 0.0113. The molecular formula is C50H99N2O6P. The fraction of sp³-hybridized carbons (Fsp3) is 0.900. The minimum Gasteiger partial charge on any atom is -0.756 e. The van der Waals surface area contributed by atoms with Crippen molar-refractivity contribution < 1.29 is 32.9 Å². The lowest BCUT2D eigenvalue weighted by Crippen LogP contribution is -2.46. The molecule has 3 unspecified atom stereocenters. The maximum Gasteiger partial charge on any atom is 0.268 e. The summed E-state index contributed by atoms with van der Waals surface area (Å²) in [6.07, 6.45) is 50.4. The van der Waals surface area contributed by atoms with Crippen LogP contribution in [0.3, 0.4) is 0 Å². The molecule has 0 aliphatic rings. The molecular weight excluding hydrogens is 756 g/mol. The molecule has 0 fully saturated rings. The van der Waals surface area contributed by atoms with Crippen LogP contribution in [0.4, 0.5) is 0 Å². The largest absolute Gasteiger partial charge is 0.756 e. The topological polar surface area (TPSA) is 108 Å². The molecule has 0 bridgehead atoms. The molecule has 0 heterocycles. The van der Waals surface area contributed by atoms with Crippen molar-refractivity contribution in [2.45, 2.75) is 251 Å². The second-order valence-electron chi connectivity index (χ2n) is 18.5. The molecule has 0 aromatic rings. The van der Waals surface area contributed by atoms with E-state index in [4.69, 9.17) is 9.05 Å². The van der Waals surface area contributed by atoms with Crippen LogP contribution in [0.5, 0.6) is 0 Å². The van der Waals surface area contributed by atoms with Crippen LogP contribution in [-0.4, -0.2) is 68.5 Å². The maximum atomic E-state index is 12.9. The molecule has 350 valence electrons. The SMILES string of the molecule is CCCCCC/C=C\C/C=C\CCCCCCCCCC(=O)NC(COP(=O)([O-])OCC[N+](C)(C)C)C(O)CCCCCCCCCCCCCCCCCCCCC. The third-order valence-corrected chi connectivity index (χ3v) is 12.4. The number of carbonyl (C=O) groups is 1. The average molecular weight is 855 g/mol. The number of aliphatic hydroxyl groups excluding tert-OH is 1. The second kappa shape index (κ2) is 42.3. The number of carbonyl (C=O) groups excluding carboxylic acids is 1. The van der Waals surface area contributed by atoms with E-state index in [0.717, 1.165) is 51.4 Å². The molecule has 3 atom stereocenters. The Bertz CT molecular complexity index is 1020. The standard InChI is InChI=1S/C50H99N2O6P/c1-6-8-10-12-14-16-18-20-22-24-26-27-29-31-33-35-37-39-41-43-49(53)48(47-58-59(55,56)57-46-45-52(3,4)5)51-50(54)44-42-40-38-36-34-32-30-28-25-23-21-19-17-15-13-11-9-7-2/h17,19,23,25,48-49,53H,6-16,18,20-22,24,26-47H2,1-5H3,(H-,51,54,55,56)/b19-17-,25-23-. The fourth-order valence-electron chi connectivity index (χ4n) is 7.42. The predicted molar refractivity (Wildman–Crippen MR) is 252 cm³/mol. The summed E-state index contributed by atoms with van der Waals surface area (Å²) < 4.78 is 23.3. The zero-order valence-electron chi connectivity index (χ0n) is 39.7. The first-order valence-electron chi connectivity index (χ1n) is 25.2. The number of hydrogen-bond acceptors (Lipinski definition) is 6. The van der Waals surface area contributed by atoms with Gasteiger partial charge in [0.1, 0.15) is 13.2 Å². The van der Waals surface area contributed by atoms with Gasteiger partial charge in [0.2, 0.25) is 5.91 Å². The van der Waals surface area contributed by atoms with Crippen molar-refractivity contribution in [2.75, 3.05) is 40.9 Å². The molecule has 0 aliphatic carbocycles. The van der Waals surface area contributed by atoms with Gasteiger partial charge in [-0.3, -0.25) is 9.36 Å². The number of unbranched alkanes of at least 4 members (excludes halogenated alkanes) is 29. The number of rotatable bonds is 46. The Morgan fingerprint density at radius 3 is 1.42 bits per heavy atom. The van der Waals surface area contributed by atoms with Crippen LogP contribution in [0.2, 0.25) is 0 Å². The fourth-order valence-corrected chi connectivity index (χ4v) is 8.15. The molecule has 0 radical (unpaired) electrons. The molecule has 0 rings (SSSR count). The highest BCUT2D eigenvalue weighted by atomic mass is 31.2. The van der Waals surface area contributed by atoms with Crippen molar-refractivity contribution >= 4 is 13.7 Å². The van der Waals surface area contributed by atoms with Crippen molar-refractivity contribution in [1.29, 1.82) is 0 Å². The number of nitrogens with zero attached hydrogens (tertiary/aromatic N) is 1. The van der Waals surface area contributed by atoms with Gasteiger partial charge < -0.3 is 28.8 Å². The molecule has 0 aliphatic heterocycles. The Hall–Kier alpha value is -1.02. The number of aliphatic hydroxyl groups is 1. The van der Waals surface area contributed by atoms with Gasteiger partial charge in [-0.1, -0.05) is 212 Å². The number of hydrogen-bond donors (Lipinski definition) is 2. The normalized spacial score (nSPS) is 14.4. The van der Waals surface area contributed by atoms with Crippen LogP contribution in [0, 0.1) is 0 Å². The smallest absolute Gasteiger partial charge is 0.268 e. The van der Waals surface area contributed by atoms with E-state index < -0.39 is 20.0 Å². The summed E-state index contributed by atoms with van der Waals surface area (Å²) in [6.45, 7) is 4.72. The van der Waals surface area contributed by atoms with Gasteiger partial charge in [0.05, 0.1) is 39.9 Å². The van der Waals surface area contributed by atoms with Gasteiger partial charge in [0, 0.05) is 6.42 Å². The van der Waals surface area contributed by atoms with Crippen LogP contribution >= 0.6 is 7.82 Å². The van der Waals surface area contributed by atoms with Gasteiger partial charge in [-0.25, -0.2) is 0 Å². The molecule has 8 nitrogen and oxygen atoms in total. The van der Waals surface area contributed by atoms with Crippen molar-refractivity contribution in [3.05, 3.63) is 24.3 Å². The van der Waals surface area contributed by atoms with Crippen LogP contribution in [0.15, 0.2) is 24.3 Å². The number of phosphoric acid groups is 1. The first-order valence-corrected chi connectivity index (χ1v) is 26.6. The number of likely N-dealkylation sites (N-methyl/N-ethyl adjacent to an activating group) is 1. The van der Waals surface area contributed by atoms with E-state index in [-0.39, 0.29) is 19.1 Å². The lowest BCUT2D eigenvalue weighted by Gasteiger charge is -2.30. The third kappa shape index (κ3) is 44.8. The minimum atomic E-state index is -4.57. The molecule has 1 amide bonds. The van der Waals surface area contributed by atoms with Crippen LogP contribution in [0.1, 0.15) is 239 Å². The van der Waals surface area contributed by atoms with E-state index in [0.29, 0.717) is 23.9 Å². The van der Waals surface area contributed by atoms with Gasteiger partial charge in [-0.05, 0) is 44.9 Å². The summed E-state index contributed by atoms with van der Waals surface area (Å²) in [7, 11) is 1.30. The van der Waals surface area contributed by atoms with Gasteiger partial charge in [-0.15, -0.1) is 0 Å². The Morgan fingerprint density at radius 2 is 0.983 bits per heavy atom. The molecule has 0 saturated heterocycles. The quantitative estimate of drug-likeness (QED) is 0.0273. The van der Waals surface area contributed by atoms with E-state index in [1.165, 1.54) is 161 Å². The Labute approximate surface area is 366 Å². The van der Waals surface area contributed by atoms with Crippen molar-refractivity contribution in [3.8, 4) is 0 Å². The number of nitrogens with one attached hydrogen (secondary N) is 1. The zero-order chi connectivity index (χ0) is 43.6. The molecule has 0 aromatic heterocycles. The molecule has 0 spiro atoms. The first-order chi connectivity index (χ1) is 28.5. The monoisotopic (exact) mass is 855 g/mol. The second-order valence-corrected chi connectivity index (χ2v) is 19.9. The summed E-state index contributed by atoms with van der Waals surface area (Å²) in [5.41, 5.74) is 0. The molecule has 0 saturated carbocycles. The van der Waals surface area contributed by atoms with Crippen molar-refractivity contribution in [1.82, 2.24) is 5.32 Å². The number of quaternary nitrogens is 1. The summed E-state index contributed by atoms with van der Waals surface area (Å²) in [5.74, 6) is -0.171. The molecule has 9 heteroatoms. The zero-order valence-corrected chi connectivity index (χ0v) is 40.6. The lowest BCUT2D eigenvalue weighted by atomic mass is 10.0. The summed E-state index contributed by atoms with van der Waals surface area (Å²) >= 11 is 0. The predicted octanol–water partition coefficient (Wildman–Crippen LogP) is 13.8. The van der Waals surface area contributed by atoms with Crippen LogP contribution in [-0.2, 0) is 18.4 Å². The number of allylic oxidation sites excluding steroid dienone is 4. The van der Waals surface area contributed by atoms with E-state index in [1.807, 2.05) is 21.1 Å². The van der Waals surface area contributed by atoms with Crippen molar-refractivity contribution in [2.24, 2.45) is 0 Å². The van der Waals surface area contributed by atoms with Gasteiger partial charge in [-0.2, -0.15) is 0 Å². The van der Waals surface area contributed by atoms with Gasteiger partial charge in [0.25, 0.3) is 7.82 Å². The lowest BCUT2D eigenvalue weighted by molar-refractivity contribution is -0.870. The van der Waals surface area contributed by atoms with E-state index in [2.05, 4.69) is 43.5 Å². The highest BCUT2D eigenvalue weighted by Gasteiger charge is 2.24. The van der Waals surface area contributed by atoms with Crippen molar-refractivity contribution in [3.63, 3.8) is 0 Å².